The third-order valence-corrected chi connectivity index (χ3v) is 6.99. The van der Waals surface area contributed by atoms with E-state index in [0.717, 1.165) is 43.9 Å². The van der Waals surface area contributed by atoms with Crippen LogP contribution >= 0.6 is 23.1 Å². The van der Waals surface area contributed by atoms with Crippen LogP contribution in [0.4, 0.5) is 5.69 Å². The average molecular weight is 424 g/mol. The summed E-state index contributed by atoms with van der Waals surface area (Å²) < 4.78 is 3.33. The molecule has 0 saturated heterocycles. The molecule has 6 heteroatoms. The first kappa shape index (κ1) is 19.6. The Hall–Kier alpha value is -2.70. The summed E-state index contributed by atoms with van der Waals surface area (Å²) in [4.78, 5) is 3.33. The lowest BCUT2D eigenvalue weighted by molar-refractivity contribution is -0.665. The monoisotopic (exact) mass is 423 g/mol. The summed E-state index contributed by atoms with van der Waals surface area (Å²) in [5.74, 6) is 0.598. The number of aromatic nitrogens is 1. The van der Waals surface area contributed by atoms with Gasteiger partial charge in [0.1, 0.15) is 22.7 Å². The summed E-state index contributed by atoms with van der Waals surface area (Å²) >= 11 is 3.35. The number of allylic oxidation sites excluding steroid dienone is 4. The molecule has 2 heterocycles. The van der Waals surface area contributed by atoms with Crippen LogP contribution in [0.25, 0.3) is 16.3 Å². The molecule has 0 atom stereocenters. The summed E-state index contributed by atoms with van der Waals surface area (Å²) in [6, 6.07) is 11.0. The predicted octanol–water partition coefficient (Wildman–Crippen LogP) is 5.66. The number of benzene rings is 2. The van der Waals surface area contributed by atoms with Gasteiger partial charge in [0, 0.05) is 29.6 Å². The lowest BCUT2D eigenvalue weighted by Gasteiger charge is -2.17. The molecule has 0 spiro atoms. The van der Waals surface area contributed by atoms with Gasteiger partial charge in [0.2, 0.25) is 5.52 Å². The van der Waals surface area contributed by atoms with E-state index in [4.69, 9.17) is 0 Å². The minimum atomic E-state index is 0.299. The predicted molar refractivity (Wildman–Crippen MR) is 123 cm³/mol. The van der Waals surface area contributed by atoms with Crippen molar-refractivity contribution in [3.05, 3.63) is 70.7 Å². The summed E-state index contributed by atoms with van der Waals surface area (Å²) in [5, 5.41) is 21.7. The SMILES string of the molecule is CCN1/C(=C/C=C/C=C/c2sc3cc(O)ccc3[n+]2CC)Sc2cc(O)ccc21. The first-order valence-electron chi connectivity index (χ1n) is 9.59. The molecule has 2 N–H and O–H groups in total. The Kier molecular flexibility index (Phi) is 5.65. The highest BCUT2D eigenvalue weighted by molar-refractivity contribution is 8.03. The standard InChI is InChI=1S/C23H22N2O2S2/c1-3-24-18-12-10-16(26)14-20(18)28-22(24)8-6-5-7-9-23-25(4-2)19-13-11-17(27)15-21(19)29-23/h5-15H,3-4H2,1-2H3,(H-,26,27)/p+1. The van der Waals surface area contributed by atoms with E-state index >= 15 is 0 Å². The maximum Gasteiger partial charge on any atom is 0.262 e. The Morgan fingerprint density at radius 1 is 1.00 bits per heavy atom. The molecule has 0 radical (unpaired) electrons. The first-order chi connectivity index (χ1) is 14.1. The zero-order valence-electron chi connectivity index (χ0n) is 16.4. The van der Waals surface area contributed by atoms with Crippen LogP contribution in [-0.4, -0.2) is 16.8 Å². The molecule has 1 aliphatic heterocycles. The molecule has 3 aromatic rings. The zero-order valence-corrected chi connectivity index (χ0v) is 18.0. The molecule has 29 heavy (non-hydrogen) atoms. The number of rotatable bonds is 5. The highest BCUT2D eigenvalue weighted by Gasteiger charge is 2.23. The number of anilines is 1. The smallest absolute Gasteiger partial charge is 0.262 e. The van der Waals surface area contributed by atoms with Gasteiger partial charge in [0.15, 0.2) is 0 Å². The average Bonchev–Trinajstić information content (AvgIpc) is 3.23. The van der Waals surface area contributed by atoms with Gasteiger partial charge in [-0.05, 0) is 44.2 Å². The summed E-state index contributed by atoms with van der Waals surface area (Å²) in [7, 11) is 0. The van der Waals surface area contributed by atoms with Crippen LogP contribution in [0.5, 0.6) is 11.5 Å². The third-order valence-electron chi connectivity index (χ3n) is 4.76. The number of thioether (sulfide) groups is 1. The van der Waals surface area contributed by atoms with Crippen molar-refractivity contribution >= 4 is 45.1 Å². The molecule has 2 aromatic carbocycles. The molecule has 0 amide bonds. The van der Waals surface area contributed by atoms with Crippen molar-refractivity contribution in [1.29, 1.82) is 0 Å². The van der Waals surface area contributed by atoms with E-state index in [2.05, 4.69) is 35.5 Å². The number of phenols is 2. The van der Waals surface area contributed by atoms with Gasteiger partial charge in [-0.2, -0.15) is 4.57 Å². The van der Waals surface area contributed by atoms with E-state index in [0.29, 0.717) is 11.5 Å². The van der Waals surface area contributed by atoms with Crippen molar-refractivity contribution in [2.75, 3.05) is 11.4 Å². The fourth-order valence-electron chi connectivity index (χ4n) is 3.43. The van der Waals surface area contributed by atoms with Gasteiger partial charge in [0.05, 0.1) is 10.7 Å². The van der Waals surface area contributed by atoms with Crippen LogP contribution in [0, 0.1) is 0 Å². The largest absolute Gasteiger partial charge is 0.508 e. The van der Waals surface area contributed by atoms with Crippen LogP contribution in [-0.2, 0) is 6.54 Å². The number of fused-ring (bicyclic) bond motifs is 2. The van der Waals surface area contributed by atoms with Gasteiger partial charge in [-0.15, -0.1) is 0 Å². The maximum absolute atomic E-state index is 9.72. The summed E-state index contributed by atoms with van der Waals surface area (Å²) in [6.45, 7) is 6.02. The van der Waals surface area contributed by atoms with Crippen molar-refractivity contribution in [1.82, 2.24) is 0 Å². The number of phenolic OH excluding ortho intramolecular Hbond substituents is 2. The molecule has 0 aliphatic carbocycles. The fraction of sp³-hybridized carbons (Fsp3) is 0.174. The van der Waals surface area contributed by atoms with E-state index in [9.17, 15) is 10.2 Å². The highest BCUT2D eigenvalue weighted by atomic mass is 32.2. The van der Waals surface area contributed by atoms with Crippen molar-refractivity contribution < 1.29 is 14.8 Å². The molecule has 148 valence electrons. The Morgan fingerprint density at radius 3 is 2.59 bits per heavy atom. The second-order valence-electron chi connectivity index (χ2n) is 6.58. The number of aryl methyl sites for hydroxylation is 1. The summed E-state index contributed by atoms with van der Waals surface area (Å²) in [5.41, 5.74) is 2.28. The van der Waals surface area contributed by atoms with E-state index in [-0.39, 0.29) is 0 Å². The molecule has 4 nitrogen and oxygen atoms in total. The number of aromatic hydroxyl groups is 2. The maximum atomic E-state index is 9.72. The number of nitrogens with zero attached hydrogens (tertiary/aromatic N) is 2. The van der Waals surface area contributed by atoms with Gasteiger partial charge < -0.3 is 15.1 Å². The van der Waals surface area contributed by atoms with Crippen molar-refractivity contribution in [2.45, 2.75) is 25.3 Å². The quantitative estimate of drug-likeness (QED) is 0.410. The van der Waals surface area contributed by atoms with E-state index in [1.165, 1.54) is 0 Å². The molecular formula is C23H23N2O2S2+. The Bertz CT molecular complexity index is 1150. The first-order valence-corrected chi connectivity index (χ1v) is 11.2. The van der Waals surface area contributed by atoms with E-state index in [1.807, 2.05) is 42.5 Å². The van der Waals surface area contributed by atoms with Crippen LogP contribution in [0.3, 0.4) is 0 Å². The van der Waals surface area contributed by atoms with Crippen LogP contribution in [0.2, 0.25) is 0 Å². The second-order valence-corrected chi connectivity index (χ2v) is 8.71. The van der Waals surface area contributed by atoms with Gasteiger partial charge >= 0.3 is 0 Å². The normalized spacial score (nSPS) is 15.4. The van der Waals surface area contributed by atoms with Gasteiger partial charge in [-0.3, -0.25) is 0 Å². The second kappa shape index (κ2) is 8.35. The van der Waals surface area contributed by atoms with Crippen LogP contribution in [0.1, 0.15) is 18.9 Å². The molecule has 1 aliphatic rings. The van der Waals surface area contributed by atoms with Crippen LogP contribution in [0.15, 0.2) is 70.6 Å². The lowest BCUT2D eigenvalue weighted by atomic mass is 10.2. The molecule has 1 aromatic heterocycles. The molecule has 0 fully saturated rings. The third kappa shape index (κ3) is 3.91. The van der Waals surface area contributed by atoms with Gasteiger partial charge in [-0.1, -0.05) is 41.3 Å². The zero-order chi connectivity index (χ0) is 20.4. The van der Waals surface area contributed by atoms with E-state index in [1.54, 1.807) is 35.2 Å². The highest BCUT2D eigenvalue weighted by Crippen LogP contribution is 2.46. The molecule has 0 saturated carbocycles. The molecular weight excluding hydrogens is 400 g/mol. The van der Waals surface area contributed by atoms with Gasteiger partial charge in [-0.25, -0.2) is 0 Å². The van der Waals surface area contributed by atoms with Crippen LogP contribution < -0.4 is 9.47 Å². The van der Waals surface area contributed by atoms with Crippen molar-refractivity contribution in [2.24, 2.45) is 0 Å². The topological polar surface area (TPSA) is 47.6 Å². The Balaban J connectivity index is 1.52. The Morgan fingerprint density at radius 2 is 1.79 bits per heavy atom. The van der Waals surface area contributed by atoms with E-state index < -0.39 is 0 Å². The lowest BCUT2D eigenvalue weighted by Crippen LogP contribution is -2.33. The fourth-order valence-corrected chi connectivity index (χ4v) is 5.77. The van der Waals surface area contributed by atoms with Crippen molar-refractivity contribution in [3.8, 4) is 11.5 Å². The minimum Gasteiger partial charge on any atom is -0.508 e. The number of hydrogen-bond donors (Lipinski definition) is 2. The molecule has 0 bridgehead atoms. The van der Waals surface area contributed by atoms with Gasteiger partial charge in [0.25, 0.3) is 5.01 Å². The summed E-state index contributed by atoms with van der Waals surface area (Å²) in [6.07, 6.45) is 10.3. The minimum absolute atomic E-state index is 0.299. The van der Waals surface area contributed by atoms with Crippen molar-refractivity contribution in [3.63, 3.8) is 0 Å². The number of thiazole rings is 1. The molecule has 4 rings (SSSR count). The molecule has 0 unspecified atom stereocenters. The number of hydrogen-bond acceptors (Lipinski definition) is 5. The Labute approximate surface area is 178 Å².